The Labute approximate surface area is 221 Å². The normalized spacial score (nSPS) is 16.4. The maximum atomic E-state index is 12.7. The second-order valence-electron chi connectivity index (χ2n) is 8.94. The molecule has 0 spiro atoms. The summed E-state index contributed by atoms with van der Waals surface area (Å²) in [7, 11) is 0. The molecule has 0 atom stereocenters. The number of carbonyl (C=O) groups is 1. The topological polar surface area (TPSA) is 60.0 Å². The van der Waals surface area contributed by atoms with Crippen LogP contribution < -0.4 is 15.5 Å². The third-order valence-electron chi connectivity index (χ3n) is 6.60. The van der Waals surface area contributed by atoms with Gasteiger partial charge in [0.2, 0.25) is 5.91 Å². The molecule has 2 aliphatic rings. The number of benzene rings is 2. The Morgan fingerprint density at radius 1 is 1.00 bits per heavy atom. The van der Waals surface area contributed by atoms with Crippen molar-refractivity contribution in [1.82, 2.24) is 15.5 Å². The monoisotopic (exact) mass is 575 g/mol. The average molecular weight is 576 g/mol. The molecule has 0 unspecified atom stereocenters. The zero-order valence-corrected chi connectivity index (χ0v) is 22.5. The molecule has 0 bridgehead atoms. The lowest BCUT2D eigenvalue weighted by Gasteiger charge is -2.34. The van der Waals surface area contributed by atoms with Gasteiger partial charge in [-0.3, -0.25) is 9.79 Å². The zero-order chi connectivity index (χ0) is 22.9. The molecule has 0 radical (unpaired) electrons. The third-order valence-corrected chi connectivity index (χ3v) is 6.60. The average Bonchev–Trinajstić information content (AvgIpc) is 2.87. The van der Waals surface area contributed by atoms with Gasteiger partial charge >= 0.3 is 0 Å². The molecule has 184 valence electrons. The van der Waals surface area contributed by atoms with E-state index in [9.17, 15) is 4.79 Å². The molecule has 1 fully saturated rings. The molecule has 1 saturated heterocycles. The predicted octanol–water partition coefficient (Wildman–Crippen LogP) is 4.19. The molecule has 6 nitrogen and oxygen atoms in total. The molecule has 0 aliphatic carbocycles. The van der Waals surface area contributed by atoms with Crippen LogP contribution in [0.25, 0.3) is 0 Å². The van der Waals surface area contributed by atoms with E-state index < -0.39 is 0 Å². The highest BCUT2D eigenvalue weighted by Gasteiger charge is 2.21. The van der Waals surface area contributed by atoms with E-state index in [1.807, 2.05) is 4.90 Å². The molecule has 2 aromatic rings. The van der Waals surface area contributed by atoms with E-state index in [-0.39, 0.29) is 29.9 Å². The summed E-state index contributed by atoms with van der Waals surface area (Å²) in [5.41, 5.74) is 3.97. The molecule has 2 aliphatic heterocycles. The first-order valence-corrected chi connectivity index (χ1v) is 12.4. The fraction of sp³-hybridized carbons (Fsp3) is 0.481. The highest BCUT2D eigenvalue weighted by atomic mass is 127. The van der Waals surface area contributed by atoms with Gasteiger partial charge in [-0.05, 0) is 55.9 Å². The number of aliphatic imine (C=N–C) groups is 1. The molecular formula is C27H38IN5O. The van der Waals surface area contributed by atoms with Gasteiger partial charge in [0, 0.05) is 57.4 Å². The minimum atomic E-state index is 0. The van der Waals surface area contributed by atoms with Crippen LogP contribution in [0.15, 0.2) is 59.6 Å². The molecule has 2 heterocycles. The lowest BCUT2D eigenvalue weighted by molar-refractivity contribution is -0.132. The molecule has 1 amide bonds. The molecule has 2 N–H and O–H groups in total. The Kier molecular flexibility index (Phi) is 10.5. The fourth-order valence-corrected chi connectivity index (χ4v) is 4.72. The molecule has 0 saturated carbocycles. The van der Waals surface area contributed by atoms with Gasteiger partial charge in [0.05, 0.1) is 0 Å². The third kappa shape index (κ3) is 7.35. The molecule has 2 aromatic carbocycles. The summed E-state index contributed by atoms with van der Waals surface area (Å²) in [5.74, 6) is 1.11. The van der Waals surface area contributed by atoms with E-state index in [1.165, 1.54) is 16.8 Å². The van der Waals surface area contributed by atoms with Crippen molar-refractivity contribution in [3.8, 4) is 0 Å². The largest absolute Gasteiger partial charge is 0.371 e. The van der Waals surface area contributed by atoms with Gasteiger partial charge in [0.1, 0.15) is 0 Å². The van der Waals surface area contributed by atoms with Crippen molar-refractivity contribution >= 4 is 41.5 Å². The van der Waals surface area contributed by atoms with E-state index in [0.29, 0.717) is 19.0 Å². The minimum Gasteiger partial charge on any atom is -0.371 e. The maximum absolute atomic E-state index is 12.7. The number of halogens is 1. The van der Waals surface area contributed by atoms with Crippen LogP contribution in [-0.4, -0.2) is 55.5 Å². The number of hydrogen-bond acceptors (Lipinski definition) is 3. The van der Waals surface area contributed by atoms with E-state index in [4.69, 9.17) is 4.99 Å². The molecular weight excluding hydrogens is 537 g/mol. The summed E-state index contributed by atoms with van der Waals surface area (Å²) >= 11 is 0. The van der Waals surface area contributed by atoms with Crippen LogP contribution >= 0.6 is 24.0 Å². The van der Waals surface area contributed by atoms with Gasteiger partial charge in [-0.2, -0.15) is 0 Å². The number of piperidine rings is 1. The predicted molar refractivity (Wildman–Crippen MR) is 151 cm³/mol. The summed E-state index contributed by atoms with van der Waals surface area (Å²) in [6, 6.07) is 19.5. The van der Waals surface area contributed by atoms with Crippen molar-refractivity contribution in [2.75, 3.05) is 37.6 Å². The zero-order valence-electron chi connectivity index (χ0n) is 20.2. The van der Waals surface area contributed by atoms with Crippen LogP contribution in [0, 0.1) is 0 Å². The molecule has 0 aromatic heterocycles. The summed E-state index contributed by atoms with van der Waals surface area (Å²) < 4.78 is 0. The highest BCUT2D eigenvalue weighted by molar-refractivity contribution is 14.0. The van der Waals surface area contributed by atoms with Crippen LogP contribution in [-0.2, 0) is 17.8 Å². The van der Waals surface area contributed by atoms with E-state index in [2.05, 4.69) is 77.1 Å². The summed E-state index contributed by atoms with van der Waals surface area (Å²) in [4.78, 5) is 21.9. The summed E-state index contributed by atoms with van der Waals surface area (Å²) in [6.07, 6.45) is 4.47. The van der Waals surface area contributed by atoms with Crippen molar-refractivity contribution < 1.29 is 4.79 Å². The standard InChI is InChI=1S/C27H37N5O.HI/c1-2-28-27(30-24-15-19-31(20-16-24)25-11-4-3-5-12-25)29-17-8-13-26(33)32-18-14-22-9-6-7-10-23(22)21-32;/h3-7,9-12,24H,2,8,13-21H2,1H3,(H2,28,29,30);1H. The Morgan fingerprint density at radius 3 is 2.44 bits per heavy atom. The lowest BCUT2D eigenvalue weighted by Crippen LogP contribution is -2.48. The van der Waals surface area contributed by atoms with Crippen LogP contribution in [0.2, 0.25) is 0 Å². The van der Waals surface area contributed by atoms with Gasteiger partial charge in [0.15, 0.2) is 5.96 Å². The van der Waals surface area contributed by atoms with E-state index in [1.54, 1.807) is 0 Å². The first-order chi connectivity index (χ1) is 16.2. The number of para-hydroxylation sites is 1. The molecule has 4 rings (SSSR count). The SMILES string of the molecule is CCNC(=NCCCC(=O)N1CCc2ccccc2C1)NC1CCN(c2ccccc2)CC1.I. The number of carbonyl (C=O) groups excluding carboxylic acids is 1. The van der Waals surface area contributed by atoms with Gasteiger partial charge in [0.25, 0.3) is 0 Å². The van der Waals surface area contributed by atoms with Crippen molar-refractivity contribution in [3.63, 3.8) is 0 Å². The second-order valence-corrected chi connectivity index (χ2v) is 8.94. The number of amides is 1. The summed E-state index contributed by atoms with van der Waals surface area (Å²) in [6.45, 7) is 7.25. The number of nitrogens with one attached hydrogen (secondary N) is 2. The Balaban J connectivity index is 0.00000324. The number of guanidine groups is 1. The highest BCUT2D eigenvalue weighted by Crippen LogP contribution is 2.20. The summed E-state index contributed by atoms with van der Waals surface area (Å²) in [5, 5.41) is 6.97. The van der Waals surface area contributed by atoms with E-state index >= 15 is 0 Å². The Bertz CT molecular complexity index is 928. The molecule has 34 heavy (non-hydrogen) atoms. The van der Waals surface area contributed by atoms with Crippen molar-refractivity contribution in [3.05, 3.63) is 65.7 Å². The smallest absolute Gasteiger partial charge is 0.222 e. The number of anilines is 1. The van der Waals surface area contributed by atoms with Gasteiger partial charge in [-0.15, -0.1) is 24.0 Å². The minimum absolute atomic E-state index is 0. The Hall–Kier alpha value is -2.29. The van der Waals surface area contributed by atoms with Crippen LogP contribution in [0.5, 0.6) is 0 Å². The first kappa shape index (κ1) is 26.3. The molecule has 7 heteroatoms. The van der Waals surface area contributed by atoms with Gasteiger partial charge in [-0.25, -0.2) is 0 Å². The first-order valence-electron chi connectivity index (χ1n) is 12.4. The quantitative estimate of drug-likeness (QED) is 0.225. The van der Waals surface area contributed by atoms with Gasteiger partial charge in [-0.1, -0.05) is 42.5 Å². The Morgan fingerprint density at radius 2 is 1.71 bits per heavy atom. The van der Waals surface area contributed by atoms with Gasteiger partial charge < -0.3 is 20.4 Å². The lowest BCUT2D eigenvalue weighted by atomic mass is 9.99. The number of rotatable bonds is 7. The second kappa shape index (κ2) is 13.6. The van der Waals surface area contributed by atoms with Crippen molar-refractivity contribution in [1.29, 1.82) is 0 Å². The van der Waals surface area contributed by atoms with Crippen molar-refractivity contribution in [2.24, 2.45) is 4.99 Å². The van der Waals surface area contributed by atoms with Crippen LogP contribution in [0.1, 0.15) is 43.7 Å². The fourth-order valence-electron chi connectivity index (χ4n) is 4.72. The maximum Gasteiger partial charge on any atom is 0.222 e. The number of nitrogens with zero attached hydrogens (tertiary/aromatic N) is 3. The number of hydrogen-bond donors (Lipinski definition) is 2. The van der Waals surface area contributed by atoms with Crippen LogP contribution in [0.4, 0.5) is 5.69 Å². The van der Waals surface area contributed by atoms with Crippen LogP contribution in [0.3, 0.4) is 0 Å². The van der Waals surface area contributed by atoms with Crippen molar-refractivity contribution in [2.45, 2.75) is 51.6 Å². The van der Waals surface area contributed by atoms with E-state index in [0.717, 1.165) is 64.4 Å². The number of fused-ring (bicyclic) bond motifs is 1.